The zero-order chi connectivity index (χ0) is 12.5. The van der Waals surface area contributed by atoms with E-state index < -0.39 is 0 Å². The minimum atomic E-state index is -0.121. The molecule has 0 saturated carbocycles. The normalized spacial score (nSPS) is 19.4. The van der Waals surface area contributed by atoms with Crippen LogP contribution >= 0.6 is 0 Å². The fraction of sp³-hybridized carbons (Fsp3) is 0.643. The summed E-state index contributed by atoms with van der Waals surface area (Å²) in [5.74, 6) is -0.121. The molecule has 0 fully saturated rings. The van der Waals surface area contributed by atoms with Gasteiger partial charge in [-0.25, -0.2) is 0 Å². The van der Waals surface area contributed by atoms with Gasteiger partial charge in [0, 0.05) is 11.8 Å². The Kier molecular flexibility index (Phi) is 3.61. The van der Waals surface area contributed by atoms with E-state index in [9.17, 15) is 4.79 Å². The van der Waals surface area contributed by atoms with Crippen molar-refractivity contribution in [3.05, 3.63) is 22.3 Å². The molecule has 0 atom stereocenters. The third-order valence-electron chi connectivity index (χ3n) is 4.15. The number of hydrogen-bond donors (Lipinski definition) is 0. The van der Waals surface area contributed by atoms with Gasteiger partial charge in [-0.15, -0.1) is 0 Å². The molecule has 0 radical (unpaired) electrons. The van der Waals surface area contributed by atoms with Crippen molar-refractivity contribution in [2.75, 3.05) is 6.61 Å². The summed E-state index contributed by atoms with van der Waals surface area (Å²) >= 11 is 0. The lowest BCUT2D eigenvalue weighted by molar-refractivity contribution is -0.145. The van der Waals surface area contributed by atoms with Crippen LogP contribution in [0, 0.1) is 5.41 Å². The first-order valence-corrected chi connectivity index (χ1v) is 5.86. The molecular weight excluding hydrogens is 200 g/mol. The van der Waals surface area contributed by atoms with Gasteiger partial charge in [0.2, 0.25) is 0 Å². The van der Waals surface area contributed by atoms with Crippen molar-refractivity contribution >= 4 is 5.97 Å². The predicted molar refractivity (Wildman–Crippen MR) is 66.1 cm³/mol. The zero-order valence-corrected chi connectivity index (χ0v) is 11.2. The van der Waals surface area contributed by atoms with Crippen molar-refractivity contribution in [2.24, 2.45) is 5.41 Å². The number of allylic oxidation sites excluding steroid dienone is 2. The summed E-state index contributed by atoms with van der Waals surface area (Å²) in [4.78, 5) is 11.2. The van der Waals surface area contributed by atoms with Crippen LogP contribution in [0.3, 0.4) is 0 Å². The van der Waals surface area contributed by atoms with Gasteiger partial charge in [-0.1, -0.05) is 18.1 Å². The fourth-order valence-electron chi connectivity index (χ4n) is 2.21. The Morgan fingerprint density at radius 1 is 1.12 bits per heavy atom. The number of hydrogen-bond acceptors (Lipinski definition) is 2. The van der Waals surface area contributed by atoms with Gasteiger partial charge in [0.25, 0.3) is 0 Å². The topological polar surface area (TPSA) is 26.3 Å². The molecule has 2 heteroatoms. The van der Waals surface area contributed by atoms with Crippen LogP contribution in [0.25, 0.3) is 0 Å². The molecule has 0 amide bonds. The Bertz CT molecular complexity index is 348. The minimum absolute atomic E-state index is 0.0982. The third-order valence-corrected chi connectivity index (χ3v) is 4.15. The van der Waals surface area contributed by atoms with Gasteiger partial charge < -0.3 is 4.74 Å². The van der Waals surface area contributed by atoms with E-state index in [1.54, 1.807) is 0 Å². The van der Waals surface area contributed by atoms with Crippen LogP contribution in [0.5, 0.6) is 0 Å². The molecule has 1 aliphatic carbocycles. The maximum Gasteiger partial charge on any atom is 0.305 e. The van der Waals surface area contributed by atoms with Gasteiger partial charge in [0.1, 0.15) is 6.61 Å². The highest BCUT2D eigenvalue weighted by atomic mass is 16.5. The summed E-state index contributed by atoms with van der Waals surface area (Å²) in [6, 6.07) is 0. The van der Waals surface area contributed by atoms with E-state index in [1.165, 1.54) is 22.3 Å². The van der Waals surface area contributed by atoms with Crippen molar-refractivity contribution in [2.45, 2.75) is 48.0 Å². The number of rotatable bonds is 3. The Hall–Kier alpha value is -1.05. The first-order valence-electron chi connectivity index (χ1n) is 5.86. The Morgan fingerprint density at radius 2 is 1.56 bits per heavy atom. The van der Waals surface area contributed by atoms with Crippen LogP contribution in [0.1, 0.15) is 48.0 Å². The second-order valence-corrected chi connectivity index (χ2v) is 4.85. The van der Waals surface area contributed by atoms with Crippen molar-refractivity contribution in [1.82, 2.24) is 0 Å². The monoisotopic (exact) mass is 222 g/mol. The average molecular weight is 222 g/mol. The van der Waals surface area contributed by atoms with Crippen molar-refractivity contribution in [1.29, 1.82) is 0 Å². The smallest absolute Gasteiger partial charge is 0.305 e. The lowest BCUT2D eigenvalue weighted by Gasteiger charge is -2.28. The number of carbonyl (C=O) groups is 1. The van der Waals surface area contributed by atoms with E-state index >= 15 is 0 Å². The van der Waals surface area contributed by atoms with Gasteiger partial charge >= 0.3 is 5.97 Å². The van der Waals surface area contributed by atoms with E-state index in [-0.39, 0.29) is 11.4 Å². The highest BCUT2D eigenvalue weighted by Gasteiger charge is 2.37. The SMILES string of the molecule is CCC(=O)OCC1(C)C(C)=C(C)C(C)=C1C. The highest BCUT2D eigenvalue weighted by Crippen LogP contribution is 2.46. The number of esters is 1. The van der Waals surface area contributed by atoms with Crippen molar-refractivity contribution in [3.8, 4) is 0 Å². The molecule has 0 N–H and O–H groups in total. The lowest BCUT2D eigenvalue weighted by atomic mass is 9.80. The minimum Gasteiger partial charge on any atom is -0.464 e. The molecule has 0 unspecified atom stereocenters. The molecule has 90 valence electrons. The van der Waals surface area contributed by atoms with Crippen LogP contribution < -0.4 is 0 Å². The first kappa shape index (κ1) is 13.0. The van der Waals surface area contributed by atoms with Gasteiger partial charge in [-0.2, -0.15) is 0 Å². The lowest BCUT2D eigenvalue weighted by Crippen LogP contribution is -2.26. The highest BCUT2D eigenvalue weighted by molar-refractivity contribution is 5.69. The Balaban J connectivity index is 2.90. The maximum atomic E-state index is 11.2. The molecule has 0 saturated heterocycles. The van der Waals surface area contributed by atoms with Crippen LogP contribution in [0.4, 0.5) is 0 Å². The molecule has 0 spiro atoms. The summed E-state index contributed by atoms with van der Waals surface area (Å²) in [5, 5.41) is 0. The van der Waals surface area contributed by atoms with Crippen molar-refractivity contribution in [3.63, 3.8) is 0 Å². The van der Waals surface area contributed by atoms with Gasteiger partial charge in [-0.05, 0) is 45.8 Å². The van der Waals surface area contributed by atoms with E-state index in [1.807, 2.05) is 6.92 Å². The Morgan fingerprint density at radius 3 is 1.94 bits per heavy atom. The molecule has 16 heavy (non-hydrogen) atoms. The quantitative estimate of drug-likeness (QED) is 0.681. The second kappa shape index (κ2) is 4.44. The largest absolute Gasteiger partial charge is 0.464 e. The molecular formula is C14H22O2. The van der Waals surface area contributed by atoms with Crippen LogP contribution in [-0.4, -0.2) is 12.6 Å². The Labute approximate surface area is 98.4 Å². The van der Waals surface area contributed by atoms with E-state index in [2.05, 4.69) is 34.6 Å². The van der Waals surface area contributed by atoms with Gasteiger partial charge in [0.05, 0.1) is 0 Å². The summed E-state index contributed by atoms with van der Waals surface area (Å²) < 4.78 is 5.31. The molecule has 0 aromatic carbocycles. The van der Waals surface area contributed by atoms with E-state index in [0.717, 1.165) is 0 Å². The second-order valence-electron chi connectivity index (χ2n) is 4.85. The van der Waals surface area contributed by atoms with Crippen LogP contribution in [-0.2, 0) is 9.53 Å². The fourth-order valence-corrected chi connectivity index (χ4v) is 2.21. The third kappa shape index (κ3) is 1.93. The van der Waals surface area contributed by atoms with Crippen molar-refractivity contribution < 1.29 is 9.53 Å². The molecule has 2 nitrogen and oxygen atoms in total. The summed E-state index contributed by atoms with van der Waals surface area (Å²) in [6.45, 7) is 13.0. The summed E-state index contributed by atoms with van der Waals surface area (Å²) in [7, 11) is 0. The van der Waals surface area contributed by atoms with Crippen LogP contribution in [0.15, 0.2) is 22.3 Å². The molecule has 0 bridgehead atoms. The van der Waals surface area contributed by atoms with Gasteiger partial charge in [0.15, 0.2) is 0 Å². The standard InChI is InChI=1S/C14H22O2/c1-7-13(15)16-8-14(6)11(4)9(2)10(3)12(14)5/h7-8H2,1-6H3. The zero-order valence-electron chi connectivity index (χ0n) is 11.2. The number of carbonyl (C=O) groups excluding carboxylic acids is 1. The average Bonchev–Trinajstić information content (AvgIpc) is 2.43. The molecule has 0 aromatic rings. The molecule has 0 aliphatic heterocycles. The summed E-state index contributed by atoms with van der Waals surface area (Å²) in [6.07, 6.45) is 0.444. The first-order chi connectivity index (χ1) is 7.34. The predicted octanol–water partition coefficient (Wildman–Crippen LogP) is 3.63. The summed E-state index contributed by atoms with van der Waals surface area (Å²) in [5.41, 5.74) is 5.23. The maximum absolute atomic E-state index is 11.2. The van der Waals surface area contributed by atoms with Gasteiger partial charge in [-0.3, -0.25) is 4.79 Å². The number of ether oxygens (including phenoxy) is 1. The molecule has 0 heterocycles. The molecule has 1 rings (SSSR count). The van der Waals surface area contributed by atoms with Crippen LogP contribution in [0.2, 0.25) is 0 Å². The molecule has 1 aliphatic rings. The molecule has 0 aromatic heterocycles. The van der Waals surface area contributed by atoms with E-state index in [4.69, 9.17) is 4.74 Å². The van der Waals surface area contributed by atoms with E-state index in [0.29, 0.717) is 13.0 Å².